The summed E-state index contributed by atoms with van der Waals surface area (Å²) in [5.74, 6) is -2.91. The molecule has 0 radical (unpaired) electrons. The summed E-state index contributed by atoms with van der Waals surface area (Å²) in [5, 5.41) is 24.5. The van der Waals surface area contributed by atoms with Crippen molar-refractivity contribution in [2.24, 2.45) is 0 Å². The summed E-state index contributed by atoms with van der Waals surface area (Å²) in [6.45, 7) is 5.56. The Morgan fingerprint density at radius 1 is 0.830 bits per heavy atom. The van der Waals surface area contributed by atoms with Crippen molar-refractivity contribution in [3.05, 3.63) is 103 Å². The van der Waals surface area contributed by atoms with Crippen molar-refractivity contribution >= 4 is 46.9 Å². The Morgan fingerprint density at radius 2 is 1.34 bits per heavy atom. The predicted molar refractivity (Wildman–Crippen MR) is 168 cm³/mol. The number of non-ortho nitro benzene ring substituents is 2. The molecule has 0 aliphatic heterocycles. The van der Waals surface area contributed by atoms with Gasteiger partial charge in [0.1, 0.15) is 5.60 Å². The molecular weight excluding hydrogens is 640 g/mol. The molecule has 0 aliphatic carbocycles. The van der Waals surface area contributed by atoms with Crippen LogP contribution in [-0.4, -0.2) is 64.4 Å². The van der Waals surface area contributed by atoms with Crippen molar-refractivity contribution in [2.45, 2.75) is 39.2 Å². The Morgan fingerprint density at radius 3 is 1.83 bits per heavy atom. The van der Waals surface area contributed by atoms with Gasteiger partial charge >= 0.3 is 18.0 Å². The number of hydrogen-bond donors (Lipinski definition) is 1. The van der Waals surface area contributed by atoms with Crippen LogP contribution in [0.25, 0.3) is 0 Å². The summed E-state index contributed by atoms with van der Waals surface area (Å²) in [6.07, 6.45) is -0.512. The quantitative estimate of drug-likeness (QED) is 0.110. The van der Waals surface area contributed by atoms with Crippen LogP contribution < -0.4 is 14.8 Å². The standard InChI is InChI=1S/C31H31ClN4O11/c1-31(2,3)47-30(40)34(4)18-17-33-25(37)16-10-19-9-15-24(45-28(38)20-5-11-22(12-6-20)35(41)42)27(26(19)32)46-29(39)21-7-13-23(14-8-21)36(43)44/h5-9,11-15H,10,16-18H2,1-4H3,(H,33,37). The molecule has 0 atom stereocenters. The Labute approximate surface area is 273 Å². The van der Waals surface area contributed by atoms with Crippen molar-refractivity contribution in [3.63, 3.8) is 0 Å². The van der Waals surface area contributed by atoms with E-state index in [2.05, 4.69) is 5.32 Å². The molecule has 15 nitrogen and oxygen atoms in total. The van der Waals surface area contributed by atoms with Gasteiger partial charge in [0.05, 0.1) is 26.0 Å². The molecule has 3 aromatic carbocycles. The van der Waals surface area contributed by atoms with Gasteiger partial charge in [0.25, 0.3) is 11.4 Å². The number of nitrogens with one attached hydrogen (secondary N) is 1. The Balaban J connectivity index is 1.76. The van der Waals surface area contributed by atoms with Gasteiger partial charge in [-0.15, -0.1) is 0 Å². The second kappa shape index (κ2) is 15.6. The highest BCUT2D eigenvalue weighted by Gasteiger charge is 2.23. The molecule has 47 heavy (non-hydrogen) atoms. The Hall–Kier alpha value is -5.57. The van der Waals surface area contributed by atoms with E-state index < -0.39 is 33.5 Å². The molecule has 0 fully saturated rings. The number of nitro benzene ring substituents is 2. The number of ether oxygens (including phenoxy) is 3. The summed E-state index contributed by atoms with van der Waals surface area (Å²) in [4.78, 5) is 72.4. The molecule has 0 unspecified atom stereocenters. The number of likely N-dealkylation sites (N-methyl/N-ethyl adjacent to an activating group) is 1. The van der Waals surface area contributed by atoms with E-state index in [9.17, 15) is 39.4 Å². The van der Waals surface area contributed by atoms with Crippen LogP contribution in [-0.2, 0) is 16.0 Å². The van der Waals surface area contributed by atoms with Crippen LogP contribution in [0, 0.1) is 20.2 Å². The number of rotatable bonds is 12. The summed E-state index contributed by atoms with van der Waals surface area (Å²) in [5.41, 5.74) is -0.923. The molecule has 0 aromatic heterocycles. The van der Waals surface area contributed by atoms with E-state index in [1.54, 1.807) is 20.8 Å². The van der Waals surface area contributed by atoms with Gasteiger partial charge in [0.15, 0.2) is 11.5 Å². The lowest BCUT2D eigenvalue weighted by molar-refractivity contribution is -0.385. The summed E-state index contributed by atoms with van der Waals surface area (Å²) in [7, 11) is 1.54. The zero-order valence-electron chi connectivity index (χ0n) is 25.8. The van der Waals surface area contributed by atoms with Gasteiger partial charge in [-0.05, 0) is 63.1 Å². The molecule has 0 spiro atoms. The highest BCUT2D eigenvalue weighted by Crippen LogP contribution is 2.39. The van der Waals surface area contributed by atoms with Crippen molar-refractivity contribution in [1.82, 2.24) is 10.2 Å². The second-order valence-electron chi connectivity index (χ2n) is 11.0. The minimum atomic E-state index is -0.974. The Bertz CT molecular complexity index is 1670. The first-order valence-corrected chi connectivity index (χ1v) is 14.4. The number of benzene rings is 3. The van der Waals surface area contributed by atoms with Gasteiger partial charge in [-0.1, -0.05) is 17.7 Å². The number of esters is 2. The molecule has 2 amide bonds. The van der Waals surface area contributed by atoms with Gasteiger partial charge in [-0.3, -0.25) is 25.0 Å². The van der Waals surface area contributed by atoms with Crippen LogP contribution in [0.2, 0.25) is 5.02 Å². The minimum Gasteiger partial charge on any atom is -0.444 e. The number of nitro groups is 2. The fraction of sp³-hybridized carbons (Fsp3) is 0.290. The smallest absolute Gasteiger partial charge is 0.410 e. The third-order valence-corrected chi connectivity index (χ3v) is 6.68. The van der Waals surface area contributed by atoms with Gasteiger partial charge in [-0.2, -0.15) is 0 Å². The minimum absolute atomic E-state index is 0.0440. The number of nitrogens with zero attached hydrogens (tertiary/aromatic N) is 3. The Kier molecular flexibility index (Phi) is 11.9. The molecule has 3 aromatic rings. The highest BCUT2D eigenvalue weighted by atomic mass is 35.5. The maximum absolute atomic E-state index is 13.0. The van der Waals surface area contributed by atoms with Crippen LogP contribution in [0.4, 0.5) is 16.2 Å². The van der Waals surface area contributed by atoms with E-state index in [1.807, 2.05) is 0 Å². The fourth-order valence-corrected chi connectivity index (χ4v) is 4.12. The topological polar surface area (TPSA) is 198 Å². The molecule has 1 N–H and O–H groups in total. The molecule has 248 valence electrons. The lowest BCUT2D eigenvalue weighted by Gasteiger charge is -2.24. The number of aryl methyl sites for hydroxylation is 1. The van der Waals surface area contributed by atoms with Gasteiger partial charge in [0, 0.05) is 50.8 Å². The average molecular weight is 671 g/mol. The lowest BCUT2D eigenvalue weighted by atomic mass is 10.1. The number of amides is 2. The third-order valence-electron chi connectivity index (χ3n) is 6.26. The number of carbonyl (C=O) groups excluding carboxylic acids is 4. The zero-order valence-corrected chi connectivity index (χ0v) is 26.6. The largest absolute Gasteiger partial charge is 0.444 e. The first-order valence-electron chi connectivity index (χ1n) is 14.0. The molecule has 0 aliphatic rings. The lowest BCUT2D eigenvalue weighted by Crippen LogP contribution is -2.39. The first-order chi connectivity index (χ1) is 22.1. The van der Waals surface area contributed by atoms with Crippen LogP contribution in [0.5, 0.6) is 11.5 Å². The van der Waals surface area contributed by atoms with Crippen LogP contribution in [0.15, 0.2) is 60.7 Å². The summed E-state index contributed by atoms with van der Waals surface area (Å²) < 4.78 is 16.2. The maximum Gasteiger partial charge on any atom is 0.410 e. The molecule has 3 rings (SSSR count). The normalized spacial score (nSPS) is 10.8. The molecule has 16 heteroatoms. The summed E-state index contributed by atoms with van der Waals surface area (Å²) in [6, 6.07) is 11.9. The predicted octanol–water partition coefficient (Wildman–Crippen LogP) is 5.51. The fourth-order valence-electron chi connectivity index (χ4n) is 3.83. The zero-order chi connectivity index (χ0) is 34.9. The van der Waals surface area contributed by atoms with E-state index in [0.29, 0.717) is 5.56 Å². The van der Waals surface area contributed by atoms with Gasteiger partial charge < -0.3 is 24.4 Å². The van der Waals surface area contributed by atoms with E-state index in [0.717, 1.165) is 24.3 Å². The second-order valence-corrected chi connectivity index (χ2v) is 11.4. The van der Waals surface area contributed by atoms with Gasteiger partial charge in [0.2, 0.25) is 5.91 Å². The number of hydrogen-bond acceptors (Lipinski definition) is 11. The third kappa shape index (κ3) is 10.5. The summed E-state index contributed by atoms with van der Waals surface area (Å²) >= 11 is 6.59. The van der Waals surface area contributed by atoms with Crippen molar-refractivity contribution in [2.75, 3.05) is 20.1 Å². The average Bonchev–Trinajstić information content (AvgIpc) is 3.01. The van der Waals surface area contributed by atoms with E-state index >= 15 is 0 Å². The van der Waals surface area contributed by atoms with Crippen molar-refractivity contribution < 1.29 is 43.2 Å². The molecule has 0 saturated heterocycles. The molecule has 0 bridgehead atoms. The number of halogens is 1. The highest BCUT2D eigenvalue weighted by molar-refractivity contribution is 6.33. The van der Waals surface area contributed by atoms with Crippen LogP contribution >= 0.6 is 11.6 Å². The maximum atomic E-state index is 13.0. The van der Waals surface area contributed by atoms with Crippen molar-refractivity contribution in [3.8, 4) is 11.5 Å². The van der Waals surface area contributed by atoms with E-state index in [4.69, 9.17) is 25.8 Å². The molecular formula is C31H31ClN4O11. The van der Waals surface area contributed by atoms with E-state index in [-0.39, 0.29) is 70.9 Å². The van der Waals surface area contributed by atoms with Crippen LogP contribution in [0.1, 0.15) is 53.5 Å². The molecule has 0 saturated carbocycles. The molecule has 0 heterocycles. The van der Waals surface area contributed by atoms with E-state index in [1.165, 1.54) is 48.3 Å². The monoisotopic (exact) mass is 670 g/mol. The SMILES string of the molecule is CN(CCNC(=O)CCc1ccc(OC(=O)c2ccc([N+](=O)[O-])cc2)c(OC(=O)c2ccc([N+](=O)[O-])cc2)c1Cl)C(=O)OC(C)(C)C. The van der Waals surface area contributed by atoms with Crippen molar-refractivity contribution in [1.29, 1.82) is 0 Å². The van der Waals surface area contributed by atoms with Gasteiger partial charge in [-0.25, -0.2) is 14.4 Å². The number of carbonyl (C=O) groups is 4. The first kappa shape index (κ1) is 35.9. The van der Waals surface area contributed by atoms with Crippen LogP contribution in [0.3, 0.4) is 0 Å².